The smallest absolute Gasteiger partial charge is 0.275 e. The first-order chi connectivity index (χ1) is 27.9. The van der Waals surface area contributed by atoms with Gasteiger partial charge in [0.2, 0.25) is 21.9 Å². The quantitative estimate of drug-likeness (QED) is 0.113. The maximum absolute atomic E-state index is 14.9. The highest BCUT2D eigenvalue weighted by molar-refractivity contribution is 7.92. The van der Waals surface area contributed by atoms with Crippen LogP contribution >= 0.6 is 11.6 Å². The number of alkyl halides is 2. The fourth-order valence-electron chi connectivity index (χ4n) is 6.28. The van der Waals surface area contributed by atoms with Gasteiger partial charge in [0.05, 0.1) is 47.3 Å². The summed E-state index contributed by atoms with van der Waals surface area (Å²) in [6.07, 6.45) is 2.67. The second kappa shape index (κ2) is 17.3. The molecular formula is C40H38ClF2N7O8S. The highest BCUT2D eigenvalue weighted by atomic mass is 35.5. The summed E-state index contributed by atoms with van der Waals surface area (Å²) in [6, 6.07) is 17.6. The van der Waals surface area contributed by atoms with Crippen molar-refractivity contribution in [3.63, 3.8) is 0 Å². The van der Waals surface area contributed by atoms with Crippen LogP contribution in [0.25, 0.3) is 10.8 Å². The lowest BCUT2D eigenvalue weighted by atomic mass is 9.77. The predicted octanol–water partition coefficient (Wildman–Crippen LogP) is 5.84. The molecule has 6 rings (SSSR count). The molecule has 19 heteroatoms. The highest BCUT2D eigenvalue weighted by Gasteiger charge is 2.32. The van der Waals surface area contributed by atoms with E-state index in [1.54, 1.807) is 30.3 Å². The molecule has 5 aromatic rings. The lowest BCUT2D eigenvalue weighted by molar-refractivity contribution is -0.136. The number of ether oxygens (including phenoxy) is 3. The number of piperidine rings is 1. The molecule has 1 unspecified atom stereocenters. The Labute approximate surface area is 342 Å². The van der Waals surface area contributed by atoms with E-state index in [9.17, 15) is 36.8 Å². The van der Waals surface area contributed by atoms with E-state index in [2.05, 4.69) is 31.2 Å². The standard InChI is InChI=1S/C40H38ClF2N7O8S/c1-39(2,26-4-6-29(7-5-26)58-23-28-12-15-45-38(47-28)49-59(3,54)55)27-18-24(21-44)35(32(41)20-27)57-17-14-40(42,43)13-16-56-30-8-9-31-25(19-30)22-46-50(37(31)53)33-10-11-34(51)48-36(33)52/h4-9,12,15,18-20,22,33H,10-11,13-14,16-17,23H2,1-3H3,(H,45,47,49)(H,48,51,52). The van der Waals surface area contributed by atoms with Gasteiger partial charge in [-0.25, -0.2) is 31.8 Å². The number of anilines is 1. The molecule has 0 spiro atoms. The minimum atomic E-state index is -3.54. The molecule has 59 heavy (non-hydrogen) atoms. The van der Waals surface area contributed by atoms with E-state index in [1.165, 1.54) is 30.6 Å². The third kappa shape index (κ3) is 10.5. The summed E-state index contributed by atoms with van der Waals surface area (Å²) in [7, 11) is -3.54. The molecular weight excluding hydrogens is 812 g/mol. The van der Waals surface area contributed by atoms with Crippen molar-refractivity contribution in [1.29, 1.82) is 5.26 Å². The van der Waals surface area contributed by atoms with Crippen LogP contribution in [0.3, 0.4) is 0 Å². The molecule has 1 fully saturated rings. The maximum Gasteiger partial charge on any atom is 0.275 e. The maximum atomic E-state index is 14.9. The lowest BCUT2D eigenvalue weighted by Gasteiger charge is -2.27. The number of imide groups is 1. The van der Waals surface area contributed by atoms with Crippen molar-refractivity contribution in [2.75, 3.05) is 24.2 Å². The van der Waals surface area contributed by atoms with Gasteiger partial charge >= 0.3 is 0 Å². The van der Waals surface area contributed by atoms with E-state index in [4.69, 9.17) is 25.8 Å². The zero-order valence-electron chi connectivity index (χ0n) is 32.0. The molecule has 15 nitrogen and oxygen atoms in total. The normalized spacial score (nSPS) is 14.7. The Morgan fingerprint density at radius 2 is 1.69 bits per heavy atom. The van der Waals surface area contributed by atoms with Crippen molar-refractivity contribution in [2.24, 2.45) is 0 Å². The van der Waals surface area contributed by atoms with Crippen LogP contribution in [0.5, 0.6) is 17.2 Å². The molecule has 0 saturated carbocycles. The Bertz CT molecular complexity index is 2620. The Kier molecular flexibility index (Phi) is 12.5. The van der Waals surface area contributed by atoms with E-state index in [0.29, 0.717) is 22.4 Å². The van der Waals surface area contributed by atoms with Crippen molar-refractivity contribution in [3.8, 4) is 23.3 Å². The summed E-state index contributed by atoms with van der Waals surface area (Å²) in [5.41, 5.74) is 0.878. The van der Waals surface area contributed by atoms with Crippen LogP contribution in [0.15, 0.2) is 77.9 Å². The predicted molar refractivity (Wildman–Crippen MR) is 212 cm³/mol. The fraction of sp³-hybridized carbons (Fsp3) is 0.325. The van der Waals surface area contributed by atoms with Crippen molar-refractivity contribution in [2.45, 2.75) is 63.5 Å². The third-order valence-electron chi connectivity index (χ3n) is 9.58. The summed E-state index contributed by atoms with van der Waals surface area (Å²) in [5.74, 6) is -3.53. The van der Waals surface area contributed by atoms with E-state index in [0.717, 1.165) is 16.5 Å². The minimum Gasteiger partial charge on any atom is -0.493 e. The van der Waals surface area contributed by atoms with Crippen LogP contribution in [0, 0.1) is 11.3 Å². The number of nitriles is 1. The number of nitrogens with zero attached hydrogens (tertiary/aromatic N) is 5. The van der Waals surface area contributed by atoms with Gasteiger partial charge in [0.25, 0.3) is 17.4 Å². The van der Waals surface area contributed by atoms with Gasteiger partial charge in [-0.05, 0) is 66.1 Å². The van der Waals surface area contributed by atoms with Gasteiger partial charge in [0.1, 0.15) is 30.2 Å². The summed E-state index contributed by atoms with van der Waals surface area (Å²) in [5, 5.41) is 17.0. The number of aromatic nitrogens is 4. The molecule has 0 aliphatic carbocycles. The molecule has 1 aliphatic rings. The summed E-state index contributed by atoms with van der Waals surface area (Å²) in [6.45, 7) is 3.14. The number of nitrogens with one attached hydrogen (secondary N) is 2. The second-order valence-corrected chi connectivity index (χ2v) is 16.4. The van der Waals surface area contributed by atoms with Crippen molar-refractivity contribution >= 4 is 50.2 Å². The average molecular weight is 850 g/mol. The van der Waals surface area contributed by atoms with E-state index in [1.807, 2.05) is 26.0 Å². The molecule has 0 radical (unpaired) electrons. The SMILES string of the molecule is CC(C)(c1ccc(OCc2ccnc(NS(C)(=O)=O)n2)cc1)c1cc(Cl)c(OCCC(F)(F)CCOc2ccc3c(=O)n(C4CCC(=O)NC4=O)ncc3c2)c(C#N)c1. The van der Waals surface area contributed by atoms with Crippen LogP contribution < -0.4 is 29.8 Å². The van der Waals surface area contributed by atoms with E-state index in [-0.39, 0.29) is 59.5 Å². The van der Waals surface area contributed by atoms with Crippen LogP contribution in [-0.2, 0) is 31.6 Å². The molecule has 2 aromatic heterocycles. The monoisotopic (exact) mass is 849 g/mol. The number of halogens is 3. The Balaban J connectivity index is 1.02. The first-order valence-corrected chi connectivity index (χ1v) is 20.5. The number of fused-ring (bicyclic) bond motifs is 1. The number of rotatable bonds is 16. The number of carbonyl (C=O) groups excluding carboxylic acids is 2. The largest absolute Gasteiger partial charge is 0.493 e. The average Bonchev–Trinajstić information content (AvgIpc) is 3.17. The zero-order valence-corrected chi connectivity index (χ0v) is 33.6. The van der Waals surface area contributed by atoms with Gasteiger partial charge in [0.15, 0.2) is 5.75 Å². The molecule has 2 N–H and O–H groups in total. The number of carbonyl (C=O) groups is 2. The van der Waals surface area contributed by atoms with Crippen LogP contribution in [0.1, 0.15) is 68.0 Å². The van der Waals surface area contributed by atoms with Crippen molar-refractivity contribution < 1.29 is 41.0 Å². The van der Waals surface area contributed by atoms with Gasteiger partial charge in [0, 0.05) is 36.3 Å². The van der Waals surface area contributed by atoms with Gasteiger partial charge in [-0.1, -0.05) is 37.6 Å². The van der Waals surface area contributed by atoms with Crippen LogP contribution in [0.2, 0.25) is 5.02 Å². The van der Waals surface area contributed by atoms with Crippen molar-refractivity contribution in [1.82, 2.24) is 25.1 Å². The van der Waals surface area contributed by atoms with E-state index >= 15 is 0 Å². The molecule has 3 aromatic carbocycles. The van der Waals surface area contributed by atoms with Gasteiger partial charge in [-0.2, -0.15) is 10.4 Å². The number of hydrogen-bond donors (Lipinski definition) is 2. The molecule has 3 heterocycles. The molecule has 1 atom stereocenters. The molecule has 1 saturated heterocycles. The molecule has 1 aliphatic heterocycles. The summed E-state index contributed by atoms with van der Waals surface area (Å²) in [4.78, 5) is 44.8. The van der Waals surface area contributed by atoms with Crippen molar-refractivity contribution in [3.05, 3.63) is 111 Å². The van der Waals surface area contributed by atoms with E-state index < -0.39 is 64.2 Å². The number of hydrogen-bond acceptors (Lipinski definition) is 12. The summed E-state index contributed by atoms with van der Waals surface area (Å²) < 4.78 is 73.1. The number of sulfonamides is 1. The molecule has 2 amide bonds. The Morgan fingerprint density at radius 3 is 2.39 bits per heavy atom. The first kappa shape index (κ1) is 42.4. The Hall–Kier alpha value is -6.19. The summed E-state index contributed by atoms with van der Waals surface area (Å²) >= 11 is 6.58. The third-order valence-corrected chi connectivity index (χ3v) is 10.4. The molecule has 0 bridgehead atoms. The number of amides is 2. The lowest BCUT2D eigenvalue weighted by Crippen LogP contribution is -2.45. The van der Waals surface area contributed by atoms with Gasteiger partial charge < -0.3 is 14.2 Å². The topological polar surface area (TPSA) is 204 Å². The molecule has 308 valence electrons. The first-order valence-electron chi connectivity index (χ1n) is 18.2. The second-order valence-electron chi connectivity index (χ2n) is 14.3. The van der Waals surface area contributed by atoms with Crippen LogP contribution in [0.4, 0.5) is 14.7 Å². The fourth-order valence-corrected chi connectivity index (χ4v) is 6.99. The zero-order chi connectivity index (χ0) is 42.5. The number of benzene rings is 3. The Morgan fingerprint density at radius 1 is 0.983 bits per heavy atom. The van der Waals surface area contributed by atoms with Gasteiger partial charge in [-0.15, -0.1) is 0 Å². The van der Waals surface area contributed by atoms with Crippen LogP contribution in [-0.4, -0.2) is 65.4 Å². The van der Waals surface area contributed by atoms with Gasteiger partial charge in [-0.3, -0.25) is 24.4 Å². The minimum absolute atomic E-state index is 0.00873. The highest BCUT2D eigenvalue weighted by Crippen LogP contribution is 2.39.